The number of aliphatic carboxylic acids is 1. The molecule has 0 radical (unpaired) electrons. The summed E-state index contributed by atoms with van der Waals surface area (Å²) in [5.74, 6) is -6.65. The smallest absolute Gasteiger partial charge is 0.326 e. The summed E-state index contributed by atoms with van der Waals surface area (Å²) in [6.45, 7) is 0. The fourth-order valence-corrected chi connectivity index (χ4v) is 2.93. The molecule has 2 N–H and O–H groups in total. The van der Waals surface area contributed by atoms with E-state index in [0.717, 1.165) is 0 Å². The van der Waals surface area contributed by atoms with Gasteiger partial charge in [-0.1, -0.05) is 0 Å². The van der Waals surface area contributed by atoms with Crippen LogP contribution in [0.2, 0.25) is 0 Å². The van der Waals surface area contributed by atoms with Crippen LogP contribution in [0.3, 0.4) is 0 Å². The molecule has 130 valence electrons. The van der Waals surface area contributed by atoms with Crippen LogP contribution in [0, 0.1) is 17.5 Å². The topological polar surface area (TPSA) is 83.7 Å². The molecule has 0 aliphatic rings. The monoisotopic (exact) mass is 369 g/mol. The molecule has 1 unspecified atom stereocenters. The van der Waals surface area contributed by atoms with E-state index in [1.165, 1.54) is 17.5 Å². The van der Waals surface area contributed by atoms with Crippen LogP contribution >= 0.6 is 11.3 Å². The van der Waals surface area contributed by atoms with Crippen molar-refractivity contribution in [3.8, 4) is 0 Å². The molecule has 3 aromatic rings. The zero-order valence-electron chi connectivity index (χ0n) is 12.4. The van der Waals surface area contributed by atoms with E-state index >= 15 is 0 Å². The molecule has 1 aromatic carbocycles. The van der Waals surface area contributed by atoms with Gasteiger partial charge in [-0.3, -0.25) is 9.20 Å². The van der Waals surface area contributed by atoms with Gasteiger partial charge >= 0.3 is 5.97 Å². The Morgan fingerprint density at radius 1 is 1.28 bits per heavy atom. The normalized spacial score (nSPS) is 12.3. The van der Waals surface area contributed by atoms with Gasteiger partial charge in [0.2, 0.25) is 0 Å². The van der Waals surface area contributed by atoms with Gasteiger partial charge in [0.1, 0.15) is 11.7 Å². The lowest BCUT2D eigenvalue weighted by Crippen LogP contribution is -2.42. The summed E-state index contributed by atoms with van der Waals surface area (Å²) in [6.07, 6.45) is 2.69. The number of thiazole rings is 1. The van der Waals surface area contributed by atoms with Gasteiger partial charge in [0, 0.05) is 24.2 Å². The first-order chi connectivity index (χ1) is 11.8. The number of aromatic nitrogens is 2. The number of carbonyl (C=O) groups excluding carboxylic acids is 1. The van der Waals surface area contributed by atoms with Crippen LogP contribution in [0.5, 0.6) is 0 Å². The number of nitrogens with zero attached hydrogens (tertiary/aromatic N) is 2. The number of imidazole rings is 1. The number of rotatable bonds is 5. The highest BCUT2D eigenvalue weighted by atomic mass is 32.1. The van der Waals surface area contributed by atoms with E-state index in [4.69, 9.17) is 0 Å². The van der Waals surface area contributed by atoms with E-state index in [2.05, 4.69) is 10.3 Å². The van der Waals surface area contributed by atoms with E-state index in [-0.39, 0.29) is 11.3 Å². The minimum absolute atomic E-state index is 0.00886. The number of halogens is 3. The van der Waals surface area contributed by atoms with E-state index in [0.29, 0.717) is 17.1 Å². The Labute approximate surface area is 142 Å². The number of hydrogen-bond acceptors (Lipinski definition) is 4. The molecule has 0 saturated heterocycles. The molecule has 6 nitrogen and oxygen atoms in total. The number of carbonyl (C=O) groups is 2. The minimum Gasteiger partial charge on any atom is -0.480 e. The van der Waals surface area contributed by atoms with Crippen LogP contribution in [0.4, 0.5) is 13.2 Å². The Morgan fingerprint density at radius 2 is 1.96 bits per heavy atom. The van der Waals surface area contributed by atoms with Gasteiger partial charge in [0.15, 0.2) is 22.4 Å². The Kier molecular flexibility index (Phi) is 4.45. The predicted octanol–water partition coefficient (Wildman–Crippen LogP) is 2.24. The molecular formula is C15H10F3N3O3S. The highest BCUT2D eigenvalue weighted by Gasteiger charge is 2.24. The van der Waals surface area contributed by atoms with E-state index in [1.54, 1.807) is 16.0 Å². The van der Waals surface area contributed by atoms with Crippen LogP contribution < -0.4 is 5.32 Å². The molecule has 0 spiro atoms. The van der Waals surface area contributed by atoms with Crippen LogP contribution in [-0.4, -0.2) is 32.4 Å². The molecule has 25 heavy (non-hydrogen) atoms. The maximum Gasteiger partial charge on any atom is 0.326 e. The number of hydrogen-bond donors (Lipinski definition) is 2. The van der Waals surface area contributed by atoms with Crippen molar-refractivity contribution in [2.45, 2.75) is 12.5 Å². The van der Waals surface area contributed by atoms with E-state index < -0.39 is 41.8 Å². The highest BCUT2D eigenvalue weighted by Crippen LogP contribution is 2.16. The standard InChI is InChI=1S/C15H10F3N3O3S/c16-8-3-7(4-9(17)12(8)18)5-10(14(23)24)19-13(22)11-6-21-1-2-25-15(21)20-11/h1-4,6,10H,5H2,(H,19,22)(H,23,24). The summed E-state index contributed by atoms with van der Waals surface area (Å²) in [7, 11) is 0. The molecule has 3 rings (SSSR count). The molecule has 0 bridgehead atoms. The largest absolute Gasteiger partial charge is 0.480 e. The summed E-state index contributed by atoms with van der Waals surface area (Å²) in [5, 5.41) is 13.2. The van der Waals surface area contributed by atoms with Crippen LogP contribution in [0.1, 0.15) is 16.1 Å². The van der Waals surface area contributed by atoms with Crippen LogP contribution in [-0.2, 0) is 11.2 Å². The SMILES string of the molecule is O=C(NC(Cc1cc(F)c(F)c(F)c1)C(=O)O)c1cn2ccsc2n1. The van der Waals surface area contributed by atoms with Crippen molar-refractivity contribution in [2.24, 2.45) is 0 Å². The summed E-state index contributed by atoms with van der Waals surface area (Å²) in [6, 6.07) is -0.0864. The van der Waals surface area contributed by atoms with Gasteiger partial charge < -0.3 is 10.4 Å². The first-order valence-corrected chi connectivity index (χ1v) is 7.82. The van der Waals surface area contributed by atoms with Crippen molar-refractivity contribution >= 4 is 28.2 Å². The van der Waals surface area contributed by atoms with Crippen molar-refractivity contribution in [2.75, 3.05) is 0 Å². The van der Waals surface area contributed by atoms with Crippen LogP contribution in [0.15, 0.2) is 29.9 Å². The molecular weight excluding hydrogens is 359 g/mol. The summed E-state index contributed by atoms with van der Waals surface area (Å²) >= 11 is 1.29. The third-order valence-electron chi connectivity index (χ3n) is 3.41. The number of amides is 1. The lowest BCUT2D eigenvalue weighted by Gasteiger charge is -2.14. The van der Waals surface area contributed by atoms with Gasteiger partial charge in [-0.05, 0) is 17.7 Å². The third kappa shape index (κ3) is 3.48. The lowest BCUT2D eigenvalue weighted by atomic mass is 10.1. The first-order valence-electron chi connectivity index (χ1n) is 6.94. The summed E-state index contributed by atoms with van der Waals surface area (Å²) in [5.41, 5.74) is -0.0931. The number of benzene rings is 1. The first kappa shape index (κ1) is 17.0. The fraction of sp³-hybridized carbons (Fsp3) is 0.133. The summed E-state index contributed by atoms with van der Waals surface area (Å²) < 4.78 is 41.0. The molecule has 0 fully saturated rings. The zero-order chi connectivity index (χ0) is 18.1. The molecule has 0 aliphatic carbocycles. The molecule has 0 saturated carbocycles. The third-order valence-corrected chi connectivity index (χ3v) is 4.18. The van der Waals surface area contributed by atoms with Gasteiger partial charge in [-0.15, -0.1) is 11.3 Å². The molecule has 2 aromatic heterocycles. The molecule has 10 heteroatoms. The van der Waals surface area contributed by atoms with Crippen molar-refractivity contribution in [1.29, 1.82) is 0 Å². The van der Waals surface area contributed by atoms with Crippen LogP contribution in [0.25, 0.3) is 4.96 Å². The lowest BCUT2D eigenvalue weighted by molar-refractivity contribution is -0.139. The van der Waals surface area contributed by atoms with E-state index in [9.17, 15) is 27.9 Å². The van der Waals surface area contributed by atoms with Gasteiger partial charge in [-0.2, -0.15) is 0 Å². The van der Waals surface area contributed by atoms with Crippen molar-refractivity contribution in [3.63, 3.8) is 0 Å². The van der Waals surface area contributed by atoms with Crippen molar-refractivity contribution < 1.29 is 27.9 Å². The number of carboxylic acids is 1. The fourth-order valence-electron chi connectivity index (χ4n) is 2.23. The number of nitrogens with one attached hydrogen (secondary N) is 1. The quantitative estimate of drug-likeness (QED) is 0.676. The number of carboxylic acid groups (broad SMARTS) is 1. The Balaban J connectivity index is 1.78. The highest BCUT2D eigenvalue weighted by molar-refractivity contribution is 7.15. The van der Waals surface area contributed by atoms with Crippen molar-refractivity contribution in [3.05, 3.63) is 58.6 Å². The van der Waals surface area contributed by atoms with Gasteiger partial charge in [0.25, 0.3) is 5.91 Å². The number of fused-ring (bicyclic) bond motifs is 1. The van der Waals surface area contributed by atoms with Gasteiger partial charge in [0.05, 0.1) is 0 Å². The Morgan fingerprint density at radius 3 is 2.56 bits per heavy atom. The average molecular weight is 369 g/mol. The van der Waals surface area contributed by atoms with E-state index in [1.807, 2.05) is 0 Å². The van der Waals surface area contributed by atoms with Crippen molar-refractivity contribution in [1.82, 2.24) is 14.7 Å². The van der Waals surface area contributed by atoms with Gasteiger partial charge in [-0.25, -0.2) is 22.9 Å². The Hall–Kier alpha value is -2.88. The summed E-state index contributed by atoms with van der Waals surface area (Å²) in [4.78, 5) is 28.1. The Bertz CT molecular complexity index is 918. The second-order valence-electron chi connectivity index (χ2n) is 5.16. The maximum absolute atomic E-state index is 13.2. The molecule has 0 aliphatic heterocycles. The second-order valence-corrected chi connectivity index (χ2v) is 6.03. The average Bonchev–Trinajstić information content (AvgIpc) is 3.13. The molecule has 1 atom stereocenters. The minimum atomic E-state index is -1.64. The predicted molar refractivity (Wildman–Crippen MR) is 82.0 cm³/mol. The maximum atomic E-state index is 13.2. The second kappa shape index (κ2) is 6.55. The molecule has 2 heterocycles. The molecule has 1 amide bonds. The zero-order valence-corrected chi connectivity index (χ0v) is 13.2.